The first-order valence-corrected chi connectivity index (χ1v) is 3.93. The molecule has 0 amide bonds. The highest BCUT2D eigenvalue weighted by Crippen LogP contribution is 2.18. The molecule has 64 valence electrons. The molecule has 0 unspecified atom stereocenters. The number of benzene rings is 1. The Labute approximate surface area is 81.1 Å². The number of allylic oxidation sites excluding steroid dienone is 1. The Hall–Kier alpha value is -1.59. The second kappa shape index (κ2) is 3.88. The average molecular weight is 192 g/mol. The van der Waals surface area contributed by atoms with Crippen LogP contribution in [-0.4, -0.2) is 5.24 Å². The molecule has 13 heavy (non-hydrogen) atoms. The van der Waals surface area contributed by atoms with Gasteiger partial charge in [0, 0.05) is 11.1 Å². The normalized spacial score (nSPS) is 8.92. The third-order valence-corrected chi connectivity index (χ3v) is 1.80. The van der Waals surface area contributed by atoms with Gasteiger partial charge in [-0.25, -0.2) is 0 Å². The lowest BCUT2D eigenvalue weighted by Gasteiger charge is -2.01. The van der Waals surface area contributed by atoms with Crippen LogP contribution in [0.15, 0.2) is 30.8 Å². The molecule has 0 N–H and O–H groups in total. The molecule has 1 aromatic carbocycles. The number of carbonyl (C=O) groups is 1. The Morgan fingerprint density at radius 2 is 1.92 bits per heavy atom. The molecule has 0 saturated carbocycles. The minimum absolute atomic E-state index is 0.240. The topological polar surface area (TPSA) is 40.9 Å². The Bertz CT molecular complexity index is 404. The lowest BCUT2D eigenvalue weighted by molar-refractivity contribution is 0.108. The van der Waals surface area contributed by atoms with E-state index in [9.17, 15) is 4.79 Å². The molecule has 0 spiro atoms. The lowest BCUT2D eigenvalue weighted by Crippen LogP contribution is -1.94. The third kappa shape index (κ3) is 1.95. The van der Waals surface area contributed by atoms with Crippen LogP contribution in [0.4, 0.5) is 0 Å². The van der Waals surface area contributed by atoms with E-state index in [-0.39, 0.29) is 5.57 Å². The van der Waals surface area contributed by atoms with Crippen LogP contribution in [0.25, 0.3) is 5.57 Å². The van der Waals surface area contributed by atoms with Gasteiger partial charge in [0.15, 0.2) is 0 Å². The Kier molecular flexibility index (Phi) is 2.84. The summed E-state index contributed by atoms with van der Waals surface area (Å²) in [5, 5.41) is 8.01. The van der Waals surface area contributed by atoms with Crippen LogP contribution in [-0.2, 0) is 0 Å². The van der Waals surface area contributed by atoms with E-state index in [0.717, 1.165) is 0 Å². The first kappa shape index (κ1) is 9.50. The fraction of sp³-hybridized carbons (Fsp3) is 0. The third-order valence-electron chi connectivity index (χ3n) is 1.60. The van der Waals surface area contributed by atoms with Gasteiger partial charge in [-0.15, -0.1) is 0 Å². The van der Waals surface area contributed by atoms with Gasteiger partial charge in [-0.3, -0.25) is 4.79 Å². The van der Waals surface area contributed by atoms with Crippen molar-refractivity contribution in [1.82, 2.24) is 0 Å². The molecular formula is C10H6ClNO. The van der Waals surface area contributed by atoms with Gasteiger partial charge in [-0.05, 0) is 17.7 Å². The monoisotopic (exact) mass is 191 g/mol. The molecule has 0 aliphatic heterocycles. The summed E-state index contributed by atoms with van der Waals surface area (Å²) in [7, 11) is 0. The summed E-state index contributed by atoms with van der Waals surface area (Å²) in [5.41, 5.74) is 1.05. The van der Waals surface area contributed by atoms with Crippen molar-refractivity contribution in [3.05, 3.63) is 42.0 Å². The highest BCUT2D eigenvalue weighted by atomic mass is 35.5. The zero-order valence-corrected chi connectivity index (χ0v) is 7.51. The summed E-state index contributed by atoms with van der Waals surface area (Å²) < 4.78 is 0. The van der Waals surface area contributed by atoms with E-state index in [1.165, 1.54) is 0 Å². The quantitative estimate of drug-likeness (QED) is 0.533. The Morgan fingerprint density at radius 1 is 1.38 bits per heavy atom. The van der Waals surface area contributed by atoms with Crippen LogP contribution < -0.4 is 0 Å². The molecule has 0 heterocycles. The standard InChI is InChI=1S/C10H6ClNO/c1-7(6-12)8-4-2-3-5-9(8)10(11)13/h2-5H,1H2. The van der Waals surface area contributed by atoms with Gasteiger partial charge in [0.05, 0.1) is 11.6 Å². The van der Waals surface area contributed by atoms with Crippen LogP contribution in [0.3, 0.4) is 0 Å². The number of hydrogen-bond acceptors (Lipinski definition) is 2. The van der Waals surface area contributed by atoms with Gasteiger partial charge in [0.1, 0.15) is 0 Å². The van der Waals surface area contributed by atoms with Crippen molar-refractivity contribution in [1.29, 1.82) is 5.26 Å². The first-order valence-electron chi connectivity index (χ1n) is 3.55. The van der Waals surface area contributed by atoms with Crippen LogP contribution in [0.2, 0.25) is 0 Å². The number of carbonyl (C=O) groups excluding carboxylic acids is 1. The Balaban J connectivity index is 3.29. The van der Waals surface area contributed by atoms with E-state index >= 15 is 0 Å². The van der Waals surface area contributed by atoms with E-state index in [1.54, 1.807) is 24.3 Å². The second-order valence-corrected chi connectivity index (χ2v) is 2.75. The molecule has 0 fully saturated rings. The summed E-state index contributed by atoms with van der Waals surface area (Å²) in [6, 6.07) is 8.48. The summed E-state index contributed by atoms with van der Waals surface area (Å²) in [4.78, 5) is 10.9. The van der Waals surface area contributed by atoms with Crippen molar-refractivity contribution in [2.75, 3.05) is 0 Å². The molecule has 1 rings (SSSR count). The maximum absolute atomic E-state index is 10.9. The minimum Gasteiger partial charge on any atom is -0.276 e. The number of hydrogen-bond donors (Lipinski definition) is 0. The number of nitriles is 1. The molecule has 0 atom stereocenters. The largest absolute Gasteiger partial charge is 0.276 e. The highest BCUT2D eigenvalue weighted by molar-refractivity contribution is 6.68. The van der Waals surface area contributed by atoms with Gasteiger partial charge in [0.25, 0.3) is 5.24 Å². The van der Waals surface area contributed by atoms with Gasteiger partial charge in [-0.1, -0.05) is 24.8 Å². The lowest BCUT2D eigenvalue weighted by atomic mass is 10.0. The van der Waals surface area contributed by atoms with Gasteiger partial charge < -0.3 is 0 Å². The van der Waals surface area contributed by atoms with Crippen molar-refractivity contribution >= 4 is 22.4 Å². The molecule has 0 bridgehead atoms. The summed E-state index contributed by atoms with van der Waals surface area (Å²) in [6.07, 6.45) is 0. The molecule has 0 aromatic heterocycles. The second-order valence-electron chi connectivity index (χ2n) is 2.41. The van der Waals surface area contributed by atoms with Crippen LogP contribution in [0.1, 0.15) is 15.9 Å². The summed E-state index contributed by atoms with van der Waals surface area (Å²) >= 11 is 5.32. The SMILES string of the molecule is C=C(C#N)c1ccccc1C(=O)Cl. The molecule has 0 radical (unpaired) electrons. The fourth-order valence-electron chi connectivity index (χ4n) is 0.978. The van der Waals surface area contributed by atoms with Crippen LogP contribution in [0, 0.1) is 11.3 Å². The van der Waals surface area contributed by atoms with E-state index in [2.05, 4.69) is 6.58 Å². The van der Waals surface area contributed by atoms with Crippen molar-refractivity contribution in [3.8, 4) is 6.07 Å². The maximum Gasteiger partial charge on any atom is 0.253 e. The predicted molar refractivity (Wildman–Crippen MR) is 51.3 cm³/mol. The van der Waals surface area contributed by atoms with Crippen LogP contribution in [0.5, 0.6) is 0 Å². The molecule has 2 nitrogen and oxygen atoms in total. The first-order chi connectivity index (χ1) is 6.16. The zero-order chi connectivity index (χ0) is 9.84. The van der Waals surface area contributed by atoms with Crippen molar-refractivity contribution < 1.29 is 4.79 Å². The summed E-state index contributed by atoms with van der Waals surface area (Å²) in [6.45, 7) is 3.51. The van der Waals surface area contributed by atoms with E-state index < -0.39 is 5.24 Å². The van der Waals surface area contributed by atoms with Crippen molar-refractivity contribution in [3.63, 3.8) is 0 Å². The predicted octanol–water partition coefficient (Wildman–Crippen LogP) is 2.60. The smallest absolute Gasteiger partial charge is 0.253 e. The minimum atomic E-state index is -0.577. The molecule has 3 heteroatoms. The van der Waals surface area contributed by atoms with Crippen LogP contribution >= 0.6 is 11.6 Å². The van der Waals surface area contributed by atoms with Gasteiger partial charge in [-0.2, -0.15) is 5.26 Å². The fourth-order valence-corrected chi connectivity index (χ4v) is 1.14. The summed E-state index contributed by atoms with van der Waals surface area (Å²) in [5.74, 6) is 0. The van der Waals surface area contributed by atoms with Gasteiger partial charge in [0.2, 0.25) is 0 Å². The van der Waals surface area contributed by atoms with E-state index in [4.69, 9.17) is 16.9 Å². The van der Waals surface area contributed by atoms with E-state index in [0.29, 0.717) is 11.1 Å². The van der Waals surface area contributed by atoms with Crippen molar-refractivity contribution in [2.45, 2.75) is 0 Å². The average Bonchev–Trinajstić information content (AvgIpc) is 2.16. The number of nitrogens with zero attached hydrogens (tertiary/aromatic N) is 1. The molecule has 1 aromatic rings. The molecule has 0 saturated heterocycles. The number of halogens is 1. The number of rotatable bonds is 2. The molecule has 0 aliphatic carbocycles. The Morgan fingerprint density at radius 3 is 2.38 bits per heavy atom. The highest BCUT2D eigenvalue weighted by Gasteiger charge is 2.09. The van der Waals surface area contributed by atoms with Crippen molar-refractivity contribution in [2.24, 2.45) is 0 Å². The van der Waals surface area contributed by atoms with E-state index in [1.807, 2.05) is 6.07 Å². The molecule has 0 aliphatic rings. The van der Waals surface area contributed by atoms with Gasteiger partial charge >= 0.3 is 0 Å². The zero-order valence-electron chi connectivity index (χ0n) is 6.75. The maximum atomic E-state index is 10.9. The molecular weight excluding hydrogens is 186 g/mol.